The lowest BCUT2D eigenvalue weighted by atomic mass is 10.2. The molecule has 14 nitrogen and oxygen atoms in total. The van der Waals surface area contributed by atoms with Crippen LogP contribution in [0.1, 0.15) is 35.7 Å². The van der Waals surface area contributed by atoms with Gasteiger partial charge in [0.05, 0.1) is 4.92 Å². The first-order chi connectivity index (χ1) is 26.8. The number of thioether (sulfide) groups is 3. The fourth-order valence-electron chi connectivity index (χ4n) is 4.42. The molecule has 0 saturated carbocycles. The van der Waals surface area contributed by atoms with E-state index in [4.69, 9.17) is 46.3 Å². The number of aryl methyl sites for hydroxylation is 1. The van der Waals surface area contributed by atoms with Crippen molar-refractivity contribution in [3.05, 3.63) is 164 Å². The van der Waals surface area contributed by atoms with Crippen molar-refractivity contribution in [3.63, 3.8) is 0 Å². The number of nitro groups is 1. The molecular weight excluding hydrogens is 841 g/mol. The first-order valence-electron chi connectivity index (χ1n) is 16.4. The molecule has 0 aliphatic rings. The van der Waals surface area contributed by atoms with Gasteiger partial charge in [-0.05, 0) is 65.6 Å². The number of aromatic nitrogens is 6. The van der Waals surface area contributed by atoms with Crippen LogP contribution in [0, 0.1) is 10.1 Å². The predicted octanol–water partition coefficient (Wildman–Crippen LogP) is 8.17. The summed E-state index contributed by atoms with van der Waals surface area (Å²) < 4.78 is 0. The maximum Gasteiger partial charge on any atom is 0.269 e. The number of hydrogen-bond donors (Lipinski definition) is 5. The zero-order valence-corrected chi connectivity index (χ0v) is 34.2. The number of nitrogen functional groups attached to an aromatic ring is 2. The van der Waals surface area contributed by atoms with Crippen molar-refractivity contribution in [1.82, 2.24) is 29.9 Å². The van der Waals surface area contributed by atoms with Gasteiger partial charge in [0.15, 0.2) is 15.5 Å². The fraction of sp³-hybridized carbons (Fsp3) is 0.167. The van der Waals surface area contributed by atoms with Crippen LogP contribution in [-0.2, 0) is 23.7 Å². The Kier molecular flexibility index (Phi) is 17.3. The maximum atomic E-state index is 11.6. The van der Waals surface area contributed by atoms with E-state index in [1.54, 1.807) is 30.3 Å². The Hall–Kier alpha value is -4.78. The third-order valence-corrected chi connectivity index (χ3v) is 10.9. The number of hydrogen-bond acceptors (Lipinski definition) is 13. The lowest BCUT2D eigenvalue weighted by Crippen LogP contribution is -2.10. The van der Waals surface area contributed by atoms with Gasteiger partial charge in [-0.1, -0.05) is 83.4 Å². The van der Waals surface area contributed by atoms with Gasteiger partial charge in [0.2, 0.25) is 0 Å². The number of nitrogens with zero attached hydrogens (tertiary/aromatic N) is 4. The topological polar surface area (TPSA) is 232 Å². The van der Waals surface area contributed by atoms with Crippen LogP contribution in [-0.4, -0.2) is 34.8 Å². The molecular formula is C36H34Cl3N9O5S3. The molecule has 6 rings (SSSR count). The lowest BCUT2D eigenvalue weighted by molar-refractivity contribution is -0.384. The summed E-state index contributed by atoms with van der Waals surface area (Å²) in [7, 11) is 0. The maximum absolute atomic E-state index is 11.6. The molecule has 0 atom stereocenters. The van der Waals surface area contributed by atoms with E-state index in [1.165, 1.54) is 78.0 Å². The van der Waals surface area contributed by atoms with Crippen LogP contribution in [0.25, 0.3) is 0 Å². The Labute approximate surface area is 347 Å². The highest BCUT2D eigenvalue weighted by atomic mass is 35.5. The summed E-state index contributed by atoms with van der Waals surface area (Å²) in [6.45, 7) is 2.06. The molecule has 0 radical (unpaired) electrons. The summed E-state index contributed by atoms with van der Waals surface area (Å²) >= 11 is 22.2. The number of aromatic amines is 3. The second kappa shape index (κ2) is 22.1. The molecule has 292 valence electrons. The highest BCUT2D eigenvalue weighted by molar-refractivity contribution is 7.98. The van der Waals surface area contributed by atoms with Gasteiger partial charge in [0.25, 0.3) is 22.4 Å². The third-order valence-electron chi connectivity index (χ3n) is 7.05. The minimum Gasteiger partial charge on any atom is -0.399 e. The van der Waals surface area contributed by atoms with E-state index in [0.29, 0.717) is 64.7 Å². The van der Waals surface area contributed by atoms with E-state index in [0.717, 1.165) is 29.7 Å². The Morgan fingerprint density at radius 2 is 1.09 bits per heavy atom. The molecule has 0 spiro atoms. The number of non-ortho nitro benzene ring substituents is 1. The highest BCUT2D eigenvalue weighted by Gasteiger charge is 2.11. The fourth-order valence-corrected chi connectivity index (χ4v) is 7.78. The molecule has 7 N–H and O–H groups in total. The molecule has 3 aromatic heterocycles. The standard InChI is InChI=1S/C14H16ClN3OS.C11H8ClN3O3S.C11H10ClN3OS/c1-2-3-11-7-13(19)18-14(17-11)20-8-9-6-10(16)4-5-12(9)15;12-9-2-1-8(15(17)18)5-7(9)6-19-11-13-4-3-10(16)14-11;12-9-2-1-8(13)5-7(9)6-17-11-14-4-3-10(16)15-11/h4-7H,2-3,8,16H2,1H3,(H,17,18,19);1-5H,6H2,(H,13,14,16);1-5H,6,13H2,(H,14,15,16). The van der Waals surface area contributed by atoms with Crippen molar-refractivity contribution in [1.29, 1.82) is 0 Å². The molecule has 3 aromatic carbocycles. The van der Waals surface area contributed by atoms with Crippen molar-refractivity contribution < 1.29 is 4.92 Å². The van der Waals surface area contributed by atoms with E-state index in [2.05, 4.69) is 36.8 Å². The van der Waals surface area contributed by atoms with Crippen molar-refractivity contribution in [2.24, 2.45) is 0 Å². The number of nitrogens with two attached hydrogens (primary N) is 2. The Balaban J connectivity index is 0.000000187. The number of benzene rings is 3. The monoisotopic (exact) mass is 873 g/mol. The van der Waals surface area contributed by atoms with Crippen LogP contribution in [0.2, 0.25) is 15.1 Å². The summed E-state index contributed by atoms with van der Waals surface area (Å²) in [6, 6.07) is 19.2. The molecule has 3 heterocycles. The van der Waals surface area contributed by atoms with Gasteiger partial charge < -0.3 is 26.4 Å². The Morgan fingerprint density at radius 1 is 0.643 bits per heavy atom. The summed E-state index contributed by atoms with van der Waals surface area (Å²) in [4.78, 5) is 64.3. The SMILES string of the molecule is CCCc1cc(=O)[nH]c(SCc2cc(N)ccc2Cl)n1.Nc1ccc(Cl)c(CSc2nccc(=O)[nH]2)c1.O=c1ccnc(SCc2cc([N+](=O)[O-])ccc2Cl)[nH]1. The van der Waals surface area contributed by atoms with Crippen LogP contribution in [0.5, 0.6) is 0 Å². The van der Waals surface area contributed by atoms with Crippen LogP contribution < -0.4 is 28.1 Å². The third kappa shape index (κ3) is 14.7. The number of anilines is 2. The van der Waals surface area contributed by atoms with Gasteiger partial charge in [-0.3, -0.25) is 24.5 Å². The molecule has 0 unspecified atom stereocenters. The summed E-state index contributed by atoms with van der Waals surface area (Å²) in [6.07, 6.45) is 4.64. The van der Waals surface area contributed by atoms with Gasteiger partial charge >= 0.3 is 0 Å². The van der Waals surface area contributed by atoms with E-state index in [-0.39, 0.29) is 22.4 Å². The Bertz CT molecular complexity index is 2450. The molecule has 0 fully saturated rings. The summed E-state index contributed by atoms with van der Waals surface area (Å²) in [5, 5.41) is 14.1. The van der Waals surface area contributed by atoms with E-state index in [9.17, 15) is 24.5 Å². The van der Waals surface area contributed by atoms with Crippen LogP contribution in [0.4, 0.5) is 17.1 Å². The lowest BCUT2D eigenvalue weighted by Gasteiger charge is -2.06. The number of nitro benzene ring substituents is 1. The van der Waals surface area contributed by atoms with Gasteiger partial charge in [-0.2, -0.15) is 0 Å². The number of H-pyrrole nitrogens is 3. The highest BCUT2D eigenvalue weighted by Crippen LogP contribution is 2.29. The quantitative estimate of drug-likeness (QED) is 0.0257. The first kappa shape index (κ1) is 43.9. The number of halogens is 3. The van der Waals surface area contributed by atoms with E-state index >= 15 is 0 Å². The smallest absolute Gasteiger partial charge is 0.269 e. The van der Waals surface area contributed by atoms with Gasteiger partial charge in [0, 0.05) is 92.1 Å². The van der Waals surface area contributed by atoms with Crippen molar-refractivity contribution in [2.45, 2.75) is 52.5 Å². The second-order valence-corrected chi connectivity index (χ2v) is 15.5. The van der Waals surface area contributed by atoms with Crippen molar-refractivity contribution in [2.75, 3.05) is 11.5 Å². The molecule has 0 bridgehead atoms. The van der Waals surface area contributed by atoms with Gasteiger partial charge in [-0.25, -0.2) is 15.0 Å². The molecule has 6 aromatic rings. The molecule has 0 saturated heterocycles. The normalized spacial score (nSPS) is 10.5. The average Bonchev–Trinajstić information content (AvgIpc) is 3.16. The summed E-state index contributed by atoms with van der Waals surface area (Å²) in [5.74, 6) is 1.60. The minimum atomic E-state index is -0.479. The molecule has 0 aliphatic heterocycles. The zero-order valence-electron chi connectivity index (χ0n) is 29.5. The molecule has 20 heteroatoms. The largest absolute Gasteiger partial charge is 0.399 e. The van der Waals surface area contributed by atoms with Crippen molar-refractivity contribution >= 4 is 87.2 Å². The molecule has 56 heavy (non-hydrogen) atoms. The molecule has 0 aliphatic carbocycles. The van der Waals surface area contributed by atoms with E-state index < -0.39 is 4.92 Å². The number of rotatable bonds is 12. The molecule has 0 amide bonds. The average molecular weight is 875 g/mol. The van der Waals surface area contributed by atoms with Crippen LogP contribution in [0.15, 0.2) is 115 Å². The van der Waals surface area contributed by atoms with Crippen LogP contribution >= 0.6 is 70.1 Å². The van der Waals surface area contributed by atoms with Crippen LogP contribution in [0.3, 0.4) is 0 Å². The van der Waals surface area contributed by atoms with Crippen molar-refractivity contribution in [3.8, 4) is 0 Å². The second-order valence-electron chi connectivity index (χ2n) is 11.4. The minimum absolute atomic E-state index is 0.0190. The van der Waals surface area contributed by atoms with E-state index in [1.807, 2.05) is 12.1 Å². The number of nitrogens with one attached hydrogen (secondary N) is 3. The Morgan fingerprint density at radius 3 is 1.55 bits per heavy atom. The first-order valence-corrected chi connectivity index (χ1v) is 20.5. The summed E-state index contributed by atoms with van der Waals surface area (Å²) in [5.41, 5.74) is 15.5. The van der Waals surface area contributed by atoms with Gasteiger partial charge in [-0.15, -0.1) is 0 Å². The predicted molar refractivity (Wildman–Crippen MR) is 227 cm³/mol. The van der Waals surface area contributed by atoms with Gasteiger partial charge in [0.1, 0.15) is 0 Å². The zero-order chi connectivity index (χ0) is 40.6.